The summed E-state index contributed by atoms with van der Waals surface area (Å²) >= 11 is 1.59. The van der Waals surface area contributed by atoms with Gasteiger partial charge < -0.3 is 15.6 Å². The van der Waals surface area contributed by atoms with Crippen LogP contribution in [0.1, 0.15) is 24.1 Å². The minimum Gasteiger partial charge on any atom is -0.504 e. The van der Waals surface area contributed by atoms with Crippen LogP contribution in [0.2, 0.25) is 0 Å². The van der Waals surface area contributed by atoms with Crippen molar-refractivity contribution in [1.29, 1.82) is 0 Å². The molecule has 0 saturated carbocycles. The molecule has 1 aromatic heterocycles. The second-order valence-corrected chi connectivity index (χ2v) is 4.44. The number of halogens is 1. The van der Waals surface area contributed by atoms with Crippen molar-refractivity contribution in [2.24, 2.45) is 5.73 Å². The van der Waals surface area contributed by atoms with Crippen molar-refractivity contribution in [2.45, 2.75) is 13.0 Å². The lowest BCUT2D eigenvalue weighted by molar-refractivity contribution is 0.316. The number of ether oxygens (including phenoxy) is 1. The van der Waals surface area contributed by atoms with Crippen LogP contribution < -0.4 is 10.5 Å². The molecule has 3 N–H and O–H groups in total. The maximum Gasteiger partial charge on any atom is 0.162 e. The lowest BCUT2D eigenvalue weighted by Crippen LogP contribution is -2.11. The predicted octanol–water partition coefficient (Wildman–Crippen LogP) is 3.32. The van der Waals surface area contributed by atoms with E-state index in [4.69, 9.17) is 10.5 Å². The van der Waals surface area contributed by atoms with E-state index in [-0.39, 0.29) is 24.2 Å². The van der Waals surface area contributed by atoms with Crippen LogP contribution >= 0.6 is 23.7 Å². The van der Waals surface area contributed by atoms with E-state index in [9.17, 15) is 5.11 Å². The summed E-state index contributed by atoms with van der Waals surface area (Å²) in [6.07, 6.45) is 0. The maximum atomic E-state index is 10.1. The van der Waals surface area contributed by atoms with Gasteiger partial charge in [0.1, 0.15) is 0 Å². The molecule has 0 aliphatic carbocycles. The summed E-state index contributed by atoms with van der Waals surface area (Å²) in [6.45, 7) is 2.40. The predicted molar refractivity (Wildman–Crippen MR) is 76.9 cm³/mol. The Balaban J connectivity index is 0.00000162. The minimum atomic E-state index is -0.318. The van der Waals surface area contributed by atoms with Crippen LogP contribution in [0.3, 0.4) is 0 Å². The zero-order chi connectivity index (χ0) is 12.3. The molecule has 18 heavy (non-hydrogen) atoms. The molecule has 2 aromatic rings. The molecule has 0 unspecified atom stereocenters. The number of rotatable bonds is 4. The average molecular weight is 286 g/mol. The number of para-hydroxylation sites is 1. The van der Waals surface area contributed by atoms with Gasteiger partial charge in [0, 0.05) is 5.56 Å². The Bertz CT molecular complexity index is 488. The third-order valence-corrected chi connectivity index (χ3v) is 3.27. The fourth-order valence-corrected chi connectivity index (χ4v) is 2.39. The monoisotopic (exact) mass is 285 g/mol. The van der Waals surface area contributed by atoms with Crippen molar-refractivity contribution < 1.29 is 9.84 Å². The Morgan fingerprint density at radius 2 is 2.17 bits per heavy atom. The molecular weight excluding hydrogens is 270 g/mol. The molecule has 1 aromatic carbocycles. The number of aromatic hydroxyl groups is 1. The SMILES string of the molecule is CCOc1cccc([C@@H](N)c2ccsc2)c1O.Cl. The number of benzene rings is 1. The van der Waals surface area contributed by atoms with Crippen LogP contribution in [-0.4, -0.2) is 11.7 Å². The Morgan fingerprint density at radius 1 is 1.39 bits per heavy atom. The summed E-state index contributed by atoms with van der Waals surface area (Å²) in [4.78, 5) is 0. The van der Waals surface area contributed by atoms with Gasteiger partial charge in [0.05, 0.1) is 12.6 Å². The highest BCUT2D eigenvalue weighted by atomic mass is 35.5. The van der Waals surface area contributed by atoms with E-state index in [1.54, 1.807) is 17.4 Å². The van der Waals surface area contributed by atoms with E-state index in [2.05, 4.69) is 0 Å². The summed E-state index contributed by atoms with van der Waals surface area (Å²) < 4.78 is 5.34. The van der Waals surface area contributed by atoms with Gasteiger partial charge in [0.25, 0.3) is 0 Å². The highest BCUT2D eigenvalue weighted by Gasteiger charge is 2.16. The second-order valence-electron chi connectivity index (χ2n) is 3.66. The molecule has 1 atom stereocenters. The van der Waals surface area contributed by atoms with E-state index in [1.807, 2.05) is 35.9 Å². The minimum absolute atomic E-state index is 0. The molecule has 1 heterocycles. The zero-order valence-corrected chi connectivity index (χ0v) is 11.6. The molecule has 0 radical (unpaired) electrons. The number of thiophene rings is 1. The van der Waals surface area contributed by atoms with Gasteiger partial charge in [-0.3, -0.25) is 0 Å². The molecule has 0 amide bonds. The fraction of sp³-hybridized carbons (Fsp3) is 0.231. The van der Waals surface area contributed by atoms with Gasteiger partial charge in [-0.25, -0.2) is 0 Å². The van der Waals surface area contributed by atoms with Crippen molar-refractivity contribution in [3.63, 3.8) is 0 Å². The number of phenols is 1. The Hall–Kier alpha value is -1.23. The topological polar surface area (TPSA) is 55.5 Å². The smallest absolute Gasteiger partial charge is 0.162 e. The van der Waals surface area contributed by atoms with E-state index < -0.39 is 0 Å². The summed E-state index contributed by atoms with van der Waals surface area (Å²) in [5.74, 6) is 0.615. The van der Waals surface area contributed by atoms with E-state index >= 15 is 0 Å². The first-order valence-electron chi connectivity index (χ1n) is 5.46. The highest BCUT2D eigenvalue weighted by molar-refractivity contribution is 7.08. The van der Waals surface area contributed by atoms with Gasteiger partial charge in [0.2, 0.25) is 0 Å². The van der Waals surface area contributed by atoms with Crippen LogP contribution in [0, 0.1) is 0 Å². The van der Waals surface area contributed by atoms with E-state index in [0.29, 0.717) is 17.9 Å². The van der Waals surface area contributed by atoms with Crippen LogP contribution in [-0.2, 0) is 0 Å². The number of phenolic OH excluding ortho intramolecular Hbond substituents is 1. The van der Waals surface area contributed by atoms with Crippen molar-refractivity contribution >= 4 is 23.7 Å². The summed E-state index contributed by atoms with van der Waals surface area (Å²) in [6, 6.07) is 7.04. The molecule has 5 heteroatoms. The van der Waals surface area contributed by atoms with Crippen LogP contribution in [0.15, 0.2) is 35.0 Å². The van der Waals surface area contributed by atoms with Crippen LogP contribution in [0.4, 0.5) is 0 Å². The molecule has 0 saturated heterocycles. The third kappa shape index (κ3) is 2.96. The number of hydrogen-bond acceptors (Lipinski definition) is 4. The molecule has 0 fully saturated rings. The molecule has 3 nitrogen and oxygen atoms in total. The third-order valence-electron chi connectivity index (χ3n) is 2.57. The van der Waals surface area contributed by atoms with Crippen molar-refractivity contribution in [1.82, 2.24) is 0 Å². The normalized spacial score (nSPS) is 11.7. The summed E-state index contributed by atoms with van der Waals surface area (Å²) in [7, 11) is 0. The maximum absolute atomic E-state index is 10.1. The molecule has 98 valence electrons. The lowest BCUT2D eigenvalue weighted by Gasteiger charge is -2.15. The van der Waals surface area contributed by atoms with Crippen LogP contribution in [0.25, 0.3) is 0 Å². The number of hydrogen-bond donors (Lipinski definition) is 2. The molecular formula is C13H16ClNO2S. The Kier molecular flexibility index (Phi) is 5.47. The van der Waals surface area contributed by atoms with Gasteiger partial charge in [-0.1, -0.05) is 12.1 Å². The van der Waals surface area contributed by atoms with E-state index in [1.165, 1.54) is 0 Å². The standard InChI is InChI=1S/C13H15NO2S.ClH/c1-2-16-11-5-3-4-10(13(11)15)12(14)9-6-7-17-8-9;/h3-8,12,15H,2,14H2,1H3;1H/t12-;/m0./s1. The molecule has 0 aliphatic heterocycles. The van der Waals surface area contributed by atoms with Gasteiger partial charge >= 0.3 is 0 Å². The van der Waals surface area contributed by atoms with Crippen molar-refractivity contribution in [3.8, 4) is 11.5 Å². The fourth-order valence-electron chi connectivity index (χ4n) is 1.69. The van der Waals surface area contributed by atoms with Crippen LogP contribution in [0.5, 0.6) is 11.5 Å². The summed E-state index contributed by atoms with van der Waals surface area (Å²) in [5, 5.41) is 14.0. The molecule has 0 bridgehead atoms. The Morgan fingerprint density at radius 3 is 2.78 bits per heavy atom. The number of nitrogens with two attached hydrogens (primary N) is 1. The Labute approximate surface area is 117 Å². The van der Waals surface area contributed by atoms with Gasteiger partial charge in [-0.2, -0.15) is 11.3 Å². The quantitative estimate of drug-likeness (QED) is 0.906. The molecule has 0 spiro atoms. The first-order valence-corrected chi connectivity index (χ1v) is 6.40. The van der Waals surface area contributed by atoms with Crippen molar-refractivity contribution in [3.05, 3.63) is 46.2 Å². The highest BCUT2D eigenvalue weighted by Crippen LogP contribution is 2.35. The van der Waals surface area contributed by atoms with Gasteiger partial charge in [-0.05, 0) is 35.4 Å². The van der Waals surface area contributed by atoms with Gasteiger partial charge in [-0.15, -0.1) is 12.4 Å². The molecule has 0 aliphatic rings. The first kappa shape index (κ1) is 14.8. The van der Waals surface area contributed by atoms with Gasteiger partial charge in [0.15, 0.2) is 11.5 Å². The first-order chi connectivity index (χ1) is 8.24. The summed E-state index contributed by atoms with van der Waals surface area (Å²) in [5.41, 5.74) is 7.81. The van der Waals surface area contributed by atoms with E-state index in [0.717, 1.165) is 5.56 Å². The lowest BCUT2D eigenvalue weighted by atomic mass is 10.0. The van der Waals surface area contributed by atoms with Crippen molar-refractivity contribution in [2.75, 3.05) is 6.61 Å². The average Bonchev–Trinajstić information content (AvgIpc) is 2.85. The zero-order valence-electron chi connectivity index (χ0n) is 10.00. The largest absolute Gasteiger partial charge is 0.504 e. The second kappa shape index (κ2) is 6.64. The molecule has 2 rings (SSSR count).